The number of hydrogen-bond donors (Lipinski definition) is 3. The molecule has 2 unspecified atom stereocenters. The number of ether oxygens (including phenoxy) is 4. The first-order valence-corrected chi connectivity index (χ1v) is 22.0. The van der Waals surface area contributed by atoms with Crippen LogP contribution in [0.2, 0.25) is 0 Å². The number of hydrogen-bond acceptors (Lipinski definition) is 16. The summed E-state index contributed by atoms with van der Waals surface area (Å²) in [5.74, 6) is -3.73. The van der Waals surface area contributed by atoms with E-state index in [1.54, 1.807) is 36.5 Å². The van der Waals surface area contributed by atoms with Gasteiger partial charge < -0.3 is 44.8 Å². The van der Waals surface area contributed by atoms with E-state index in [0.717, 1.165) is 11.2 Å². The van der Waals surface area contributed by atoms with Crippen LogP contribution in [0.15, 0.2) is 12.4 Å². The van der Waals surface area contributed by atoms with Gasteiger partial charge in [-0.15, -0.1) is 5.10 Å². The number of aromatic nitrogens is 4. The van der Waals surface area contributed by atoms with E-state index in [1.807, 2.05) is 46.0 Å². The van der Waals surface area contributed by atoms with Gasteiger partial charge in [0.15, 0.2) is 22.8 Å². The molecule has 0 aliphatic carbocycles. The normalized spacial score (nSPS) is 30.2. The largest absolute Gasteiger partial charge is 0.458 e. The van der Waals surface area contributed by atoms with E-state index in [9.17, 15) is 24.3 Å². The van der Waals surface area contributed by atoms with Gasteiger partial charge >= 0.3 is 12.1 Å². The highest BCUT2D eigenvalue weighted by Crippen LogP contribution is 2.39. The van der Waals surface area contributed by atoms with Gasteiger partial charge in [-0.3, -0.25) is 19.2 Å². The number of aldehydes is 1. The zero-order chi connectivity index (χ0) is 43.6. The molecule has 2 saturated heterocycles. The number of rotatable bonds is 17. The number of thiazole rings is 1. The van der Waals surface area contributed by atoms with Crippen LogP contribution in [-0.4, -0.2) is 141 Å². The van der Waals surface area contributed by atoms with Crippen LogP contribution in [0.3, 0.4) is 0 Å². The maximum Gasteiger partial charge on any atom is 0.410 e. The zero-order valence-corrected chi connectivity index (χ0v) is 37.4. The van der Waals surface area contributed by atoms with Crippen LogP contribution in [0, 0.1) is 23.7 Å². The number of amides is 1. The fourth-order valence-electron chi connectivity index (χ4n) is 8.84. The summed E-state index contributed by atoms with van der Waals surface area (Å²) < 4.78 is 26.7. The molecule has 2 aromatic rings. The van der Waals surface area contributed by atoms with Gasteiger partial charge in [-0.2, -0.15) is 0 Å². The maximum absolute atomic E-state index is 14.3. The highest BCUT2D eigenvalue weighted by molar-refractivity contribution is 7.18. The topological polar surface area (TPSA) is 214 Å². The van der Waals surface area contributed by atoms with Gasteiger partial charge in [0.2, 0.25) is 0 Å². The van der Waals surface area contributed by atoms with Gasteiger partial charge in [-0.1, -0.05) is 44.2 Å². The summed E-state index contributed by atoms with van der Waals surface area (Å²) in [4.78, 5) is 62.9. The van der Waals surface area contributed by atoms with E-state index in [4.69, 9.17) is 24.7 Å². The first-order chi connectivity index (χ1) is 28.0. The molecule has 2 fully saturated rings. The van der Waals surface area contributed by atoms with E-state index in [0.29, 0.717) is 62.6 Å². The molecule has 0 bridgehead atoms. The molecule has 59 heavy (non-hydrogen) atoms. The summed E-state index contributed by atoms with van der Waals surface area (Å²) in [6.45, 7) is 16.4. The minimum atomic E-state index is -1.25. The molecule has 1 amide bonds. The van der Waals surface area contributed by atoms with Crippen LogP contribution in [-0.2, 0) is 39.9 Å². The first-order valence-electron chi connectivity index (χ1n) is 21.1. The number of aliphatic hydroxyl groups is 1. The lowest BCUT2D eigenvalue weighted by molar-refractivity contribution is -0.241. The average Bonchev–Trinajstić information content (AvgIpc) is 3.92. The lowest BCUT2D eigenvalue weighted by atomic mass is 9.79. The van der Waals surface area contributed by atoms with Crippen LogP contribution >= 0.6 is 11.3 Å². The molecule has 4 rings (SSSR count). The van der Waals surface area contributed by atoms with E-state index in [2.05, 4.69) is 27.5 Å². The van der Waals surface area contributed by atoms with Crippen LogP contribution in [0.4, 0.5) is 9.93 Å². The monoisotopic (exact) mass is 848 g/mol. The molecule has 17 nitrogen and oxygen atoms in total. The minimum Gasteiger partial charge on any atom is -0.458 e. The third-order valence-corrected chi connectivity index (χ3v) is 12.9. The number of likely N-dealkylation sites (N-methyl/N-ethyl adjacent to an activating group) is 1. The van der Waals surface area contributed by atoms with Crippen molar-refractivity contribution in [3.8, 4) is 10.6 Å². The second-order valence-corrected chi connectivity index (χ2v) is 17.7. The number of nitrogens with zero attached hydrogens (tertiary/aromatic N) is 6. The molecule has 4 N–H and O–H groups in total. The number of esters is 1. The van der Waals surface area contributed by atoms with Crippen LogP contribution < -0.4 is 11.1 Å². The second-order valence-electron chi connectivity index (χ2n) is 16.6. The fourth-order valence-corrected chi connectivity index (χ4v) is 9.48. The summed E-state index contributed by atoms with van der Waals surface area (Å²) in [7, 11) is 3.73. The average molecular weight is 849 g/mol. The zero-order valence-electron chi connectivity index (χ0n) is 36.5. The molecule has 0 aromatic carbocycles. The number of cyclic esters (lactones) is 1. The van der Waals surface area contributed by atoms with Crippen LogP contribution in [0.5, 0.6) is 0 Å². The summed E-state index contributed by atoms with van der Waals surface area (Å²) in [5, 5.41) is 24.1. The van der Waals surface area contributed by atoms with Gasteiger partial charge in [0.1, 0.15) is 30.1 Å². The molecule has 4 heterocycles. The third kappa shape index (κ3) is 11.6. The fraction of sp³-hybridized carbons (Fsp3) is 0.780. The number of aliphatic hydroxyl groups excluding tert-OH is 1. The van der Waals surface area contributed by atoms with Crippen LogP contribution in [0.25, 0.3) is 10.6 Å². The molecule has 18 heteroatoms. The molecule has 332 valence electrons. The number of aryl methyl sites for hydroxylation is 1. The van der Waals surface area contributed by atoms with Crippen molar-refractivity contribution in [1.29, 1.82) is 0 Å². The van der Waals surface area contributed by atoms with E-state index in [1.165, 1.54) is 18.3 Å². The van der Waals surface area contributed by atoms with Crippen molar-refractivity contribution in [2.24, 2.45) is 23.7 Å². The number of Topliss-reactive ketones (excluding diaryl/α,β-unsaturated/α-hetero) is 1. The first kappa shape index (κ1) is 48.1. The van der Waals surface area contributed by atoms with E-state index < -0.39 is 71.8 Å². The van der Waals surface area contributed by atoms with Gasteiger partial charge in [0.05, 0.1) is 23.2 Å². The maximum atomic E-state index is 14.3. The highest BCUT2D eigenvalue weighted by Gasteiger charge is 2.58. The highest BCUT2D eigenvalue weighted by atomic mass is 32.1. The number of ketones is 1. The van der Waals surface area contributed by atoms with Crippen LogP contribution in [0.1, 0.15) is 93.9 Å². The molecule has 0 saturated carbocycles. The Labute approximate surface area is 353 Å². The molecule has 0 spiro atoms. The summed E-state index contributed by atoms with van der Waals surface area (Å²) >= 11 is 1.34. The Balaban J connectivity index is 1.60. The van der Waals surface area contributed by atoms with Crippen molar-refractivity contribution in [3.63, 3.8) is 0 Å². The van der Waals surface area contributed by atoms with E-state index >= 15 is 0 Å². The number of anilines is 1. The summed E-state index contributed by atoms with van der Waals surface area (Å²) in [5.41, 5.74) is 5.22. The number of nitrogens with one attached hydrogen (secondary N) is 1. The summed E-state index contributed by atoms with van der Waals surface area (Å²) in [6, 6.07) is -1.16. The predicted molar refractivity (Wildman–Crippen MR) is 223 cm³/mol. The van der Waals surface area contributed by atoms with Gasteiger partial charge in [0, 0.05) is 50.3 Å². The Morgan fingerprint density at radius 3 is 2.47 bits per heavy atom. The lowest BCUT2D eigenvalue weighted by Gasteiger charge is -2.40. The number of fused-ring (bicyclic) bond motifs is 1. The van der Waals surface area contributed by atoms with Crippen molar-refractivity contribution in [2.75, 3.05) is 39.5 Å². The molecular weight excluding hydrogens is 781 g/mol. The van der Waals surface area contributed by atoms with Gasteiger partial charge in [-0.25, -0.2) is 9.78 Å². The van der Waals surface area contributed by atoms with Crippen molar-refractivity contribution < 1.29 is 43.2 Å². The second kappa shape index (κ2) is 21.8. The molecule has 12 atom stereocenters. The Morgan fingerprint density at radius 2 is 1.86 bits per heavy atom. The smallest absolute Gasteiger partial charge is 0.410 e. The molecular formula is C41H68N8O9S. The van der Waals surface area contributed by atoms with Gasteiger partial charge in [0.25, 0.3) is 0 Å². The Kier molecular flexibility index (Phi) is 17.8. The van der Waals surface area contributed by atoms with Crippen molar-refractivity contribution in [1.82, 2.24) is 35.1 Å². The van der Waals surface area contributed by atoms with E-state index in [-0.39, 0.29) is 31.0 Å². The number of carbonyl (C=O) groups excluding carboxylic acids is 4. The number of unbranched alkanes of at least 4 members (excludes halogenated alkanes) is 1. The quantitative estimate of drug-likeness (QED) is 0.0670. The summed E-state index contributed by atoms with van der Waals surface area (Å²) in [6.07, 6.45) is 2.77. The lowest BCUT2D eigenvalue weighted by Crippen LogP contribution is -2.60. The Hall–Kier alpha value is -3.55. The third-order valence-electron chi connectivity index (χ3n) is 12.0. The minimum absolute atomic E-state index is 0.0226. The standard InChI is InChI=1S/C41H68N8O9S/c1-11-30(47(9)10)34(52)38(55-13-3)57-35-25(5)33(51)26(6)37(53)56-32(12-2)41(8)36(27(7)43-21-24(4)20-28(35)16-19-50)49(40(54)58-41)18-15-14-17-48-23-29(45-46-48)31-22-44-39(42)59-31/h19,22-28,30,32,34-36,38,43,52H,11-18,20-21H2,1-10H3,(H2,42,44)/t24-,25+,26-,27-,28+,30?,32-,34?,35-,36-,38+,41-/m1/s1. The Morgan fingerprint density at radius 1 is 1.15 bits per heavy atom. The van der Waals surface area contributed by atoms with Gasteiger partial charge in [-0.05, 0) is 92.3 Å². The van der Waals surface area contributed by atoms with Crippen molar-refractivity contribution in [2.45, 2.75) is 149 Å². The number of carbonyl (C=O) groups is 4. The number of nitrogen functional groups attached to an aromatic ring is 1. The molecule has 2 aromatic heterocycles. The molecule has 2 aliphatic rings. The molecule has 2 aliphatic heterocycles. The molecule has 0 radical (unpaired) electrons. The predicted octanol–water partition coefficient (Wildman–Crippen LogP) is 4.18. The Bertz CT molecular complexity index is 1680. The van der Waals surface area contributed by atoms with Crippen molar-refractivity contribution >= 4 is 40.6 Å². The number of nitrogens with two attached hydrogens (primary N) is 1. The SMILES string of the molecule is CCO[C@@H](O[C@H]1[C@@H](CC=O)C[C@@H](C)CN[C@H](C)[C@H]2N(CCCCn3cc(-c4cnc(N)s4)nn3)C(=O)O[C@]2(C)[C@@H](CC)OC(=O)[C@H](C)C(=O)[C@@H]1C)C(O)C(CC)N(C)C. The van der Waals surface area contributed by atoms with Crippen molar-refractivity contribution in [3.05, 3.63) is 12.4 Å².